The number of benzene rings is 1. The van der Waals surface area contributed by atoms with Gasteiger partial charge in [0.25, 0.3) is 0 Å². The lowest BCUT2D eigenvalue weighted by molar-refractivity contribution is -0.146. The topological polar surface area (TPSA) is 66.8 Å². The van der Waals surface area contributed by atoms with Crippen molar-refractivity contribution in [3.63, 3.8) is 0 Å². The Morgan fingerprint density at radius 2 is 2.10 bits per heavy atom. The van der Waals surface area contributed by atoms with Gasteiger partial charge in [0.05, 0.1) is 5.92 Å². The summed E-state index contributed by atoms with van der Waals surface area (Å²) >= 11 is 0. The quantitative estimate of drug-likeness (QED) is 0.888. The van der Waals surface area contributed by atoms with Crippen LogP contribution in [-0.2, 0) is 9.59 Å². The number of carboxylic acids is 1. The van der Waals surface area contributed by atoms with Crippen molar-refractivity contribution in [3.05, 3.63) is 29.8 Å². The van der Waals surface area contributed by atoms with Gasteiger partial charge in [-0.15, -0.1) is 0 Å². The van der Waals surface area contributed by atoms with Gasteiger partial charge in [0, 0.05) is 18.7 Å². The molecule has 1 aromatic rings. The highest BCUT2D eigenvalue weighted by Crippen LogP contribution is 2.35. The number of aliphatic carboxylic acids is 1. The molecule has 3 rings (SSSR count). The first-order valence-corrected chi connectivity index (χ1v) is 6.90. The Morgan fingerprint density at radius 1 is 1.30 bits per heavy atom. The van der Waals surface area contributed by atoms with E-state index >= 15 is 0 Å². The molecule has 2 aliphatic rings. The molecule has 0 aliphatic carbocycles. The molecule has 0 radical (unpaired) electrons. The zero-order valence-corrected chi connectivity index (χ0v) is 11.1. The van der Waals surface area contributed by atoms with Gasteiger partial charge < -0.3 is 14.7 Å². The minimum atomic E-state index is -0.814. The summed E-state index contributed by atoms with van der Waals surface area (Å²) in [5.41, 5.74) is 0.912. The highest BCUT2D eigenvalue weighted by Gasteiger charge is 2.36. The summed E-state index contributed by atoms with van der Waals surface area (Å²) in [6, 6.07) is 7.54. The van der Waals surface area contributed by atoms with Gasteiger partial charge in [0.2, 0.25) is 5.91 Å². The maximum Gasteiger partial charge on any atom is 0.308 e. The van der Waals surface area contributed by atoms with Crippen LogP contribution in [0.3, 0.4) is 0 Å². The van der Waals surface area contributed by atoms with Crippen molar-refractivity contribution in [2.75, 3.05) is 19.7 Å². The number of fused-ring (bicyclic) bond motifs is 1. The lowest BCUT2D eigenvalue weighted by atomic mass is 9.94. The van der Waals surface area contributed by atoms with Gasteiger partial charge in [0.1, 0.15) is 18.3 Å². The molecule has 1 saturated heterocycles. The van der Waals surface area contributed by atoms with E-state index in [4.69, 9.17) is 9.84 Å². The molecular formula is C15H17NO4. The second kappa shape index (κ2) is 5.15. The molecule has 1 amide bonds. The first-order chi connectivity index (χ1) is 9.66. The van der Waals surface area contributed by atoms with Gasteiger partial charge in [-0.1, -0.05) is 18.2 Å². The number of amides is 1. The number of nitrogens with zero attached hydrogens (tertiary/aromatic N) is 1. The van der Waals surface area contributed by atoms with Crippen LogP contribution in [-0.4, -0.2) is 41.6 Å². The van der Waals surface area contributed by atoms with Crippen LogP contribution in [0.2, 0.25) is 0 Å². The highest BCUT2D eigenvalue weighted by atomic mass is 16.5. The number of carbonyl (C=O) groups excluding carboxylic acids is 1. The molecule has 0 spiro atoms. The second-order valence-corrected chi connectivity index (χ2v) is 5.36. The summed E-state index contributed by atoms with van der Waals surface area (Å²) < 4.78 is 5.53. The average Bonchev–Trinajstić information content (AvgIpc) is 2.90. The van der Waals surface area contributed by atoms with E-state index in [0.717, 1.165) is 17.7 Å². The SMILES string of the molecule is O=C(O)[C@@H]1CCCN(C(=O)C2COc3ccccc32)C1. The van der Waals surface area contributed by atoms with Crippen LogP contribution in [0.25, 0.3) is 0 Å². The first kappa shape index (κ1) is 13.0. The summed E-state index contributed by atoms with van der Waals surface area (Å²) in [5, 5.41) is 9.10. The van der Waals surface area contributed by atoms with E-state index in [1.807, 2.05) is 24.3 Å². The predicted molar refractivity (Wildman–Crippen MR) is 71.6 cm³/mol. The third kappa shape index (κ3) is 2.24. The Balaban J connectivity index is 1.75. The van der Waals surface area contributed by atoms with Gasteiger partial charge in [-0.05, 0) is 18.9 Å². The van der Waals surface area contributed by atoms with Crippen molar-refractivity contribution < 1.29 is 19.4 Å². The molecular weight excluding hydrogens is 258 g/mol. The molecule has 1 unspecified atom stereocenters. The van der Waals surface area contributed by atoms with Crippen LogP contribution in [0.5, 0.6) is 5.75 Å². The van der Waals surface area contributed by atoms with E-state index in [1.54, 1.807) is 4.90 Å². The number of likely N-dealkylation sites (tertiary alicyclic amines) is 1. The van der Waals surface area contributed by atoms with Gasteiger partial charge >= 0.3 is 5.97 Å². The number of carboxylic acid groups (broad SMARTS) is 1. The number of para-hydroxylation sites is 1. The highest BCUT2D eigenvalue weighted by molar-refractivity contribution is 5.86. The molecule has 1 fully saturated rings. The van der Waals surface area contributed by atoms with Gasteiger partial charge in [-0.2, -0.15) is 0 Å². The van der Waals surface area contributed by atoms with Crippen molar-refractivity contribution in [3.8, 4) is 5.75 Å². The lowest BCUT2D eigenvalue weighted by Gasteiger charge is -2.32. The lowest BCUT2D eigenvalue weighted by Crippen LogP contribution is -2.44. The Hall–Kier alpha value is -2.04. The van der Waals surface area contributed by atoms with Crippen LogP contribution >= 0.6 is 0 Å². The molecule has 0 bridgehead atoms. The number of rotatable bonds is 2. The Morgan fingerprint density at radius 3 is 2.90 bits per heavy atom. The molecule has 106 valence electrons. The summed E-state index contributed by atoms with van der Waals surface area (Å²) in [4.78, 5) is 25.3. The van der Waals surface area contributed by atoms with Crippen LogP contribution in [0.1, 0.15) is 24.3 Å². The second-order valence-electron chi connectivity index (χ2n) is 5.36. The molecule has 20 heavy (non-hydrogen) atoms. The van der Waals surface area contributed by atoms with Crippen LogP contribution in [0.4, 0.5) is 0 Å². The number of piperidine rings is 1. The monoisotopic (exact) mass is 275 g/mol. The molecule has 2 heterocycles. The summed E-state index contributed by atoms with van der Waals surface area (Å²) in [5.74, 6) is -0.798. The van der Waals surface area contributed by atoms with E-state index in [2.05, 4.69) is 0 Å². The maximum absolute atomic E-state index is 12.6. The predicted octanol–water partition coefficient (Wildman–Crippen LogP) is 1.49. The van der Waals surface area contributed by atoms with E-state index in [-0.39, 0.29) is 11.8 Å². The normalized spacial score (nSPS) is 24.9. The summed E-state index contributed by atoms with van der Waals surface area (Å²) in [7, 11) is 0. The number of hydrogen-bond donors (Lipinski definition) is 1. The van der Waals surface area contributed by atoms with Crippen molar-refractivity contribution >= 4 is 11.9 Å². The minimum absolute atomic E-state index is 0.0131. The third-order valence-electron chi connectivity index (χ3n) is 4.08. The molecule has 2 atom stereocenters. The number of hydrogen-bond acceptors (Lipinski definition) is 3. The molecule has 2 aliphatic heterocycles. The smallest absolute Gasteiger partial charge is 0.308 e. The maximum atomic E-state index is 12.6. The first-order valence-electron chi connectivity index (χ1n) is 6.90. The molecule has 1 N–H and O–H groups in total. The fraction of sp³-hybridized carbons (Fsp3) is 0.467. The zero-order valence-electron chi connectivity index (χ0n) is 11.1. The van der Waals surface area contributed by atoms with Crippen molar-refractivity contribution in [1.82, 2.24) is 4.90 Å². The van der Waals surface area contributed by atoms with Crippen LogP contribution < -0.4 is 4.74 Å². The Bertz CT molecular complexity index is 542. The largest absolute Gasteiger partial charge is 0.492 e. The van der Waals surface area contributed by atoms with E-state index in [1.165, 1.54) is 0 Å². The average molecular weight is 275 g/mol. The van der Waals surface area contributed by atoms with E-state index < -0.39 is 11.9 Å². The van der Waals surface area contributed by atoms with E-state index in [0.29, 0.717) is 26.1 Å². The fourth-order valence-electron chi connectivity index (χ4n) is 2.97. The Labute approximate surface area is 117 Å². The molecule has 0 aromatic heterocycles. The van der Waals surface area contributed by atoms with Crippen molar-refractivity contribution in [1.29, 1.82) is 0 Å². The van der Waals surface area contributed by atoms with Gasteiger partial charge in [-0.3, -0.25) is 9.59 Å². The number of ether oxygens (including phenoxy) is 1. The molecule has 1 aromatic carbocycles. The van der Waals surface area contributed by atoms with Gasteiger partial charge in [0.15, 0.2) is 0 Å². The van der Waals surface area contributed by atoms with Gasteiger partial charge in [-0.25, -0.2) is 0 Å². The number of carbonyl (C=O) groups is 2. The summed E-state index contributed by atoms with van der Waals surface area (Å²) in [6.07, 6.45) is 1.40. The zero-order chi connectivity index (χ0) is 14.1. The third-order valence-corrected chi connectivity index (χ3v) is 4.08. The Kier molecular flexibility index (Phi) is 3.34. The standard InChI is InChI=1S/C15H17NO4/c17-14(16-7-3-4-10(8-16)15(18)19)12-9-20-13-6-2-1-5-11(12)13/h1-2,5-6,10,12H,3-4,7-9H2,(H,18,19)/t10-,12?/m1/s1. The fourth-order valence-corrected chi connectivity index (χ4v) is 2.97. The van der Waals surface area contributed by atoms with Crippen LogP contribution in [0, 0.1) is 5.92 Å². The molecule has 0 saturated carbocycles. The van der Waals surface area contributed by atoms with Crippen molar-refractivity contribution in [2.45, 2.75) is 18.8 Å². The van der Waals surface area contributed by atoms with Crippen LogP contribution in [0.15, 0.2) is 24.3 Å². The minimum Gasteiger partial charge on any atom is -0.492 e. The molecule has 5 nitrogen and oxygen atoms in total. The molecule has 5 heteroatoms. The van der Waals surface area contributed by atoms with Crippen molar-refractivity contribution in [2.24, 2.45) is 5.92 Å². The summed E-state index contributed by atoms with van der Waals surface area (Å²) in [6.45, 7) is 1.31. The van der Waals surface area contributed by atoms with E-state index in [9.17, 15) is 9.59 Å².